The Bertz CT molecular complexity index is 298. The van der Waals surface area contributed by atoms with Crippen LogP contribution in [0.25, 0.3) is 0 Å². The first-order valence-corrected chi connectivity index (χ1v) is 5.51. The highest BCUT2D eigenvalue weighted by Crippen LogP contribution is 2.16. The molecule has 1 heterocycles. The Hall–Kier alpha value is -1.28. The fourth-order valence-corrected chi connectivity index (χ4v) is 1.81. The monoisotopic (exact) mass is 224 g/mol. The van der Waals surface area contributed by atoms with Gasteiger partial charge in [-0.05, 0) is 13.8 Å². The molecule has 16 heavy (non-hydrogen) atoms. The summed E-state index contributed by atoms with van der Waals surface area (Å²) in [6.45, 7) is 6.75. The van der Waals surface area contributed by atoms with Gasteiger partial charge in [0.05, 0.1) is 6.07 Å². The maximum Gasteiger partial charge on any atom is 0.319 e. The van der Waals surface area contributed by atoms with Crippen molar-refractivity contribution in [1.29, 1.82) is 5.26 Å². The maximum atomic E-state index is 11.7. The average Bonchev–Trinajstić information content (AvgIpc) is 2.28. The zero-order valence-electron chi connectivity index (χ0n) is 10.5. The van der Waals surface area contributed by atoms with Crippen LogP contribution in [-0.2, 0) is 0 Å². The zero-order chi connectivity index (χ0) is 12.3. The highest BCUT2D eigenvalue weighted by molar-refractivity contribution is 5.73. The summed E-state index contributed by atoms with van der Waals surface area (Å²) in [6, 6.07) is 2.34. The summed E-state index contributed by atoms with van der Waals surface area (Å²) in [5.41, 5.74) is -0.437. The molecule has 0 saturated carbocycles. The van der Waals surface area contributed by atoms with E-state index in [1.54, 1.807) is 19.0 Å². The van der Waals surface area contributed by atoms with Crippen LogP contribution in [-0.4, -0.2) is 66.5 Å². The lowest BCUT2D eigenvalue weighted by atomic mass is 10.0. The Labute approximate surface area is 97.2 Å². The van der Waals surface area contributed by atoms with E-state index in [4.69, 9.17) is 5.26 Å². The molecule has 1 aliphatic heterocycles. The molecular weight excluding hydrogens is 204 g/mol. The molecule has 0 aromatic rings. The molecule has 1 aliphatic rings. The third kappa shape index (κ3) is 2.64. The van der Waals surface area contributed by atoms with E-state index in [0.29, 0.717) is 13.1 Å². The van der Waals surface area contributed by atoms with Gasteiger partial charge in [0, 0.05) is 40.3 Å². The third-order valence-corrected chi connectivity index (χ3v) is 3.00. The van der Waals surface area contributed by atoms with Crippen molar-refractivity contribution in [1.82, 2.24) is 14.7 Å². The van der Waals surface area contributed by atoms with Crippen LogP contribution in [0.15, 0.2) is 0 Å². The Kier molecular flexibility index (Phi) is 3.76. The van der Waals surface area contributed by atoms with Gasteiger partial charge in [0.1, 0.15) is 5.54 Å². The minimum absolute atomic E-state index is 0.0504. The molecule has 0 unspecified atom stereocenters. The molecule has 0 radical (unpaired) electrons. The minimum atomic E-state index is -0.437. The molecule has 0 bridgehead atoms. The Morgan fingerprint density at radius 1 is 1.25 bits per heavy atom. The van der Waals surface area contributed by atoms with E-state index in [0.717, 1.165) is 13.1 Å². The first kappa shape index (κ1) is 12.8. The maximum absolute atomic E-state index is 11.7. The largest absolute Gasteiger partial charge is 0.331 e. The molecule has 2 amide bonds. The summed E-state index contributed by atoms with van der Waals surface area (Å²) in [6.07, 6.45) is 0. The summed E-state index contributed by atoms with van der Waals surface area (Å²) >= 11 is 0. The van der Waals surface area contributed by atoms with Gasteiger partial charge in [-0.2, -0.15) is 5.26 Å². The summed E-state index contributed by atoms with van der Waals surface area (Å²) in [5.74, 6) is 0. The smallest absolute Gasteiger partial charge is 0.319 e. The van der Waals surface area contributed by atoms with Crippen molar-refractivity contribution >= 4 is 6.03 Å². The van der Waals surface area contributed by atoms with Crippen LogP contribution in [0.2, 0.25) is 0 Å². The molecule has 1 fully saturated rings. The highest BCUT2D eigenvalue weighted by Gasteiger charge is 2.31. The van der Waals surface area contributed by atoms with Crippen LogP contribution in [0.4, 0.5) is 4.79 Å². The lowest BCUT2D eigenvalue weighted by Crippen LogP contribution is -2.56. The Balaban J connectivity index is 2.53. The predicted molar refractivity (Wildman–Crippen MR) is 61.9 cm³/mol. The molecule has 1 saturated heterocycles. The van der Waals surface area contributed by atoms with Crippen LogP contribution in [0, 0.1) is 11.3 Å². The number of hydrogen-bond donors (Lipinski definition) is 0. The molecular formula is C11H20N4O. The number of rotatable bonds is 1. The number of nitriles is 1. The van der Waals surface area contributed by atoms with Gasteiger partial charge in [0.2, 0.25) is 0 Å². The lowest BCUT2D eigenvalue weighted by molar-refractivity contribution is 0.0841. The van der Waals surface area contributed by atoms with Crippen LogP contribution >= 0.6 is 0 Å². The average molecular weight is 224 g/mol. The normalized spacial score (nSPS) is 18.1. The summed E-state index contributed by atoms with van der Waals surface area (Å²) in [5, 5.41) is 9.03. The van der Waals surface area contributed by atoms with Gasteiger partial charge in [-0.15, -0.1) is 0 Å². The second-order valence-electron chi connectivity index (χ2n) is 4.82. The van der Waals surface area contributed by atoms with Crippen molar-refractivity contribution in [3.8, 4) is 6.07 Å². The number of carbonyl (C=O) groups is 1. The van der Waals surface area contributed by atoms with E-state index in [2.05, 4.69) is 11.0 Å². The van der Waals surface area contributed by atoms with Crippen molar-refractivity contribution < 1.29 is 4.79 Å². The van der Waals surface area contributed by atoms with Crippen molar-refractivity contribution in [3.63, 3.8) is 0 Å². The summed E-state index contributed by atoms with van der Waals surface area (Å²) in [4.78, 5) is 17.2. The van der Waals surface area contributed by atoms with Gasteiger partial charge in [-0.25, -0.2) is 4.79 Å². The van der Waals surface area contributed by atoms with Gasteiger partial charge in [-0.3, -0.25) is 4.90 Å². The Morgan fingerprint density at radius 3 is 2.12 bits per heavy atom. The minimum Gasteiger partial charge on any atom is -0.331 e. The standard InChI is InChI=1S/C11H20N4O/c1-11(2,9-12)15-7-5-14(6-8-15)10(16)13(3)4/h5-8H2,1-4H3. The van der Waals surface area contributed by atoms with Gasteiger partial charge in [0.25, 0.3) is 0 Å². The van der Waals surface area contributed by atoms with Gasteiger partial charge >= 0.3 is 6.03 Å². The second kappa shape index (κ2) is 4.71. The molecule has 0 aromatic carbocycles. The second-order valence-corrected chi connectivity index (χ2v) is 4.82. The van der Waals surface area contributed by atoms with E-state index in [1.165, 1.54) is 0 Å². The van der Waals surface area contributed by atoms with Gasteiger partial charge in [0.15, 0.2) is 0 Å². The molecule has 0 aliphatic carbocycles. The third-order valence-electron chi connectivity index (χ3n) is 3.00. The number of urea groups is 1. The van der Waals surface area contributed by atoms with Crippen LogP contribution < -0.4 is 0 Å². The topological polar surface area (TPSA) is 50.6 Å². The lowest BCUT2D eigenvalue weighted by Gasteiger charge is -2.41. The van der Waals surface area contributed by atoms with Crippen molar-refractivity contribution in [2.75, 3.05) is 40.3 Å². The molecule has 5 heteroatoms. The van der Waals surface area contributed by atoms with Crippen LogP contribution in [0.1, 0.15) is 13.8 Å². The van der Waals surface area contributed by atoms with E-state index < -0.39 is 5.54 Å². The van der Waals surface area contributed by atoms with Crippen molar-refractivity contribution in [2.24, 2.45) is 0 Å². The number of hydrogen-bond acceptors (Lipinski definition) is 3. The first-order chi connectivity index (χ1) is 7.38. The number of nitrogens with zero attached hydrogens (tertiary/aromatic N) is 4. The molecule has 0 aromatic heterocycles. The quantitative estimate of drug-likeness (QED) is 0.655. The fraction of sp³-hybridized carbons (Fsp3) is 0.818. The molecule has 0 atom stereocenters. The molecule has 90 valence electrons. The number of carbonyl (C=O) groups excluding carboxylic acids is 1. The van der Waals surface area contributed by atoms with E-state index in [1.807, 2.05) is 18.7 Å². The number of piperazine rings is 1. The number of amides is 2. The molecule has 1 rings (SSSR count). The molecule has 0 N–H and O–H groups in total. The molecule has 5 nitrogen and oxygen atoms in total. The van der Waals surface area contributed by atoms with Crippen molar-refractivity contribution in [2.45, 2.75) is 19.4 Å². The first-order valence-electron chi connectivity index (χ1n) is 5.51. The van der Waals surface area contributed by atoms with E-state index in [9.17, 15) is 4.79 Å². The van der Waals surface area contributed by atoms with Crippen LogP contribution in [0.3, 0.4) is 0 Å². The molecule has 0 spiro atoms. The van der Waals surface area contributed by atoms with Crippen LogP contribution in [0.5, 0.6) is 0 Å². The SMILES string of the molecule is CN(C)C(=O)N1CCN(C(C)(C)C#N)CC1. The summed E-state index contributed by atoms with van der Waals surface area (Å²) in [7, 11) is 3.52. The summed E-state index contributed by atoms with van der Waals surface area (Å²) < 4.78 is 0. The van der Waals surface area contributed by atoms with E-state index >= 15 is 0 Å². The fourth-order valence-electron chi connectivity index (χ4n) is 1.81. The van der Waals surface area contributed by atoms with E-state index in [-0.39, 0.29) is 6.03 Å². The predicted octanol–water partition coefficient (Wildman–Crippen LogP) is 0.588. The van der Waals surface area contributed by atoms with Crippen molar-refractivity contribution in [3.05, 3.63) is 0 Å². The highest BCUT2D eigenvalue weighted by atomic mass is 16.2. The Morgan fingerprint density at radius 2 is 1.75 bits per heavy atom. The van der Waals surface area contributed by atoms with Gasteiger partial charge in [-0.1, -0.05) is 0 Å². The van der Waals surface area contributed by atoms with Gasteiger partial charge < -0.3 is 9.80 Å². The zero-order valence-corrected chi connectivity index (χ0v) is 10.5.